The number of hydrogen-bond acceptors (Lipinski definition) is 6. The van der Waals surface area contributed by atoms with E-state index in [9.17, 15) is 0 Å². The normalized spacial score (nSPS) is 14.9. The van der Waals surface area contributed by atoms with E-state index >= 15 is 0 Å². The first-order chi connectivity index (χ1) is 37.8. The van der Waals surface area contributed by atoms with E-state index in [1.165, 1.54) is 22.3 Å². The highest BCUT2D eigenvalue weighted by molar-refractivity contribution is 6.20. The molecule has 1 spiro atoms. The van der Waals surface area contributed by atoms with Crippen molar-refractivity contribution in [2.45, 2.75) is 33.6 Å². The van der Waals surface area contributed by atoms with E-state index in [4.69, 9.17) is 20.0 Å². The Bertz CT molecular complexity index is 4340. The molecule has 10 nitrogen and oxygen atoms in total. The number of rotatable bonds is 6. The molecule has 77 heavy (non-hydrogen) atoms. The lowest BCUT2D eigenvalue weighted by Crippen LogP contribution is -2.71. The summed E-state index contributed by atoms with van der Waals surface area (Å²) in [5, 5.41) is 4.33. The van der Waals surface area contributed by atoms with Crippen molar-refractivity contribution in [1.29, 1.82) is 0 Å². The lowest BCUT2D eigenvalue weighted by molar-refractivity contribution is -0.790. The van der Waals surface area contributed by atoms with Crippen molar-refractivity contribution in [1.82, 2.24) is 9.13 Å². The van der Waals surface area contributed by atoms with Gasteiger partial charge in [0.1, 0.15) is 0 Å². The quantitative estimate of drug-likeness (QED) is 0.156. The molecule has 0 unspecified atom stereocenters. The Morgan fingerprint density at radius 1 is 0.325 bits per heavy atom. The first-order valence-electron chi connectivity index (χ1n) is 26.2. The Balaban J connectivity index is 0.000000131. The van der Waals surface area contributed by atoms with Crippen molar-refractivity contribution in [3.05, 3.63) is 274 Å². The molecule has 0 aliphatic carbocycles. The maximum Gasteiger partial charge on any atom is 0.404 e. The fraction of sp³-hybridized carbons (Fsp3) is 0.0746. The van der Waals surface area contributed by atoms with Gasteiger partial charge < -0.3 is 9.80 Å². The molecule has 0 fully saturated rings. The summed E-state index contributed by atoms with van der Waals surface area (Å²) >= 11 is 0. The number of fused-ring (bicyclic) bond motifs is 12. The van der Waals surface area contributed by atoms with Gasteiger partial charge in [0, 0.05) is 55.7 Å². The summed E-state index contributed by atoms with van der Waals surface area (Å²) in [6.45, 7) is 8.58. The Kier molecular flexibility index (Phi) is 8.99. The van der Waals surface area contributed by atoms with Crippen molar-refractivity contribution in [2.75, 3.05) is 9.80 Å². The zero-order valence-corrected chi connectivity index (χ0v) is 42.8. The van der Waals surface area contributed by atoms with Gasteiger partial charge in [0.05, 0.1) is 22.3 Å². The molecule has 0 saturated carbocycles. The van der Waals surface area contributed by atoms with Crippen molar-refractivity contribution in [2.24, 2.45) is 20.0 Å². The summed E-state index contributed by atoms with van der Waals surface area (Å²) in [5.41, 5.74) is 17.9. The molecule has 0 radical (unpaired) electrons. The van der Waals surface area contributed by atoms with Crippen molar-refractivity contribution in [3.63, 3.8) is 0 Å². The maximum absolute atomic E-state index is 5.42. The first kappa shape index (κ1) is 43.4. The Labute approximate surface area is 444 Å². The molecule has 11 aromatic rings. The predicted molar refractivity (Wildman–Crippen MR) is 308 cm³/mol. The van der Waals surface area contributed by atoms with Crippen LogP contribution in [-0.2, 0) is 5.91 Å². The number of aromatic nitrogens is 2. The van der Waals surface area contributed by atoms with Crippen LogP contribution in [0.3, 0.4) is 0 Å². The highest BCUT2D eigenvalue weighted by Crippen LogP contribution is 2.52. The fourth-order valence-corrected chi connectivity index (χ4v) is 12.6. The number of aryl methyl sites for hydroxylation is 4. The lowest BCUT2D eigenvalue weighted by Gasteiger charge is -2.40. The van der Waals surface area contributed by atoms with E-state index < -0.39 is 5.91 Å². The highest BCUT2D eigenvalue weighted by Gasteiger charge is 2.69. The zero-order chi connectivity index (χ0) is 51.3. The molecule has 364 valence electrons. The predicted octanol–water partition coefficient (Wildman–Crippen LogP) is 13.6. The van der Waals surface area contributed by atoms with Crippen LogP contribution in [0.5, 0.6) is 0 Å². The van der Waals surface area contributed by atoms with E-state index in [-0.39, 0.29) is 0 Å². The second-order valence-corrected chi connectivity index (χ2v) is 20.7. The summed E-state index contributed by atoms with van der Waals surface area (Å²) in [4.78, 5) is 26.4. The van der Waals surface area contributed by atoms with Gasteiger partial charge in [-0.05, 0) is 165 Å². The summed E-state index contributed by atoms with van der Waals surface area (Å²) in [6.07, 6.45) is 0. The number of nitrogens with zero attached hydrogens (tertiary/aromatic N) is 10. The summed E-state index contributed by atoms with van der Waals surface area (Å²) in [5.74, 6) is 4.46. The second kappa shape index (κ2) is 16.0. The molecule has 2 aromatic heterocycles. The molecule has 6 aliphatic heterocycles. The number of amidine groups is 4. The number of anilines is 6. The van der Waals surface area contributed by atoms with Gasteiger partial charge in [-0.15, -0.1) is 9.15 Å². The molecule has 0 atom stereocenters. The minimum Gasteiger partial charge on any atom is -0.310 e. The van der Waals surface area contributed by atoms with Gasteiger partial charge in [-0.1, -0.05) is 123 Å². The van der Waals surface area contributed by atoms with Crippen LogP contribution in [0.4, 0.5) is 45.8 Å². The number of aliphatic imine (C=N–C) groups is 2. The molecule has 9 aromatic carbocycles. The van der Waals surface area contributed by atoms with Gasteiger partial charge in [-0.2, -0.15) is 9.13 Å². The van der Waals surface area contributed by atoms with E-state index in [0.29, 0.717) is 0 Å². The van der Waals surface area contributed by atoms with Gasteiger partial charge in [-0.25, -0.2) is 0 Å². The summed E-state index contributed by atoms with van der Waals surface area (Å²) in [6, 6.07) is 77.6. The third kappa shape index (κ3) is 6.00. The van der Waals surface area contributed by atoms with Gasteiger partial charge in [0.15, 0.2) is 0 Å². The standard InChI is InChI=1S/C34H32N2.C33H16N8/c1-25-10-5-14-29(20-25)35(30-15-6-11-26(2)21-30)33-18-9-19-34(24-33)36(31-16-7-12-27(3)22-31)32-17-8-13-28(4)23-32;1-2-10-18-17(9-1)25-34-27-19-11-3-4-12-20(19)29-36-31-23-15-7-8-16-24(23)32-37-30-22-14-6-5-13-21(22)28-35-26(18)38(25)33(39(27)29,40(28)30)41(31)32/h5-24H,1-4H3;1-16H/q;+2. The van der Waals surface area contributed by atoms with Crippen LogP contribution in [0, 0.1) is 27.7 Å². The zero-order valence-electron chi connectivity index (χ0n) is 42.8. The molecule has 6 aliphatic rings. The largest absolute Gasteiger partial charge is 0.404 e. The van der Waals surface area contributed by atoms with E-state index in [1.807, 2.05) is 0 Å². The van der Waals surface area contributed by atoms with Crippen LogP contribution in [0.25, 0.3) is 21.5 Å². The summed E-state index contributed by atoms with van der Waals surface area (Å²) < 4.78 is 9.32. The molecular weight excluding hydrogens is 945 g/mol. The maximum atomic E-state index is 5.42. The van der Waals surface area contributed by atoms with E-state index in [0.717, 1.165) is 124 Å². The topological polar surface area (TPSA) is 71.8 Å². The molecule has 10 heteroatoms. The number of hydrogen-bond donors (Lipinski definition) is 0. The molecular formula is C67H48N10+2. The van der Waals surface area contributed by atoms with Crippen molar-refractivity contribution >= 4 is 90.6 Å². The van der Waals surface area contributed by atoms with Crippen LogP contribution in [0.15, 0.2) is 238 Å². The molecule has 17 rings (SSSR count). The summed E-state index contributed by atoms with van der Waals surface area (Å²) in [7, 11) is 0. The van der Waals surface area contributed by atoms with Crippen LogP contribution >= 0.6 is 0 Å². The first-order valence-corrected chi connectivity index (χ1v) is 26.2. The van der Waals surface area contributed by atoms with E-state index in [1.54, 1.807) is 0 Å². The Hall–Kier alpha value is -10.1. The van der Waals surface area contributed by atoms with Crippen LogP contribution in [0.2, 0.25) is 0 Å². The molecule has 0 bridgehead atoms. The van der Waals surface area contributed by atoms with Gasteiger partial charge in [0.2, 0.25) is 22.6 Å². The Morgan fingerprint density at radius 2 is 0.649 bits per heavy atom. The van der Waals surface area contributed by atoms with E-state index in [2.05, 4.69) is 274 Å². The van der Waals surface area contributed by atoms with Crippen molar-refractivity contribution in [3.8, 4) is 0 Å². The highest BCUT2D eigenvalue weighted by atomic mass is 15.7. The van der Waals surface area contributed by atoms with Gasteiger partial charge in [-0.3, -0.25) is 0 Å². The molecule has 0 amide bonds. The average molecular weight is 993 g/mol. The Morgan fingerprint density at radius 3 is 1.03 bits per heavy atom. The smallest absolute Gasteiger partial charge is 0.310 e. The fourth-order valence-electron chi connectivity index (χ4n) is 12.6. The minimum atomic E-state index is -0.923. The monoisotopic (exact) mass is 992 g/mol. The van der Waals surface area contributed by atoms with Gasteiger partial charge in [0.25, 0.3) is 23.3 Å². The third-order valence-electron chi connectivity index (χ3n) is 15.8. The third-order valence-corrected chi connectivity index (χ3v) is 15.8. The average Bonchev–Trinajstić information content (AvgIpc) is 2.62. The molecule has 0 N–H and O–H groups in total. The van der Waals surface area contributed by atoms with Crippen molar-refractivity contribution < 1.29 is 9.15 Å². The molecule has 8 heterocycles. The second-order valence-electron chi connectivity index (χ2n) is 20.7. The SMILES string of the molecule is Cc1cccc(N(c2cccc(C)c2)c2cccc(N(c3cccc(C)c3)c3cccc(C)c3)c2)c1.c1ccc2c(c1)C1=Nc3c4ccccc4c4n3C35n6c(c7ccccc7c6=NC6=[N+]3C(=N4)c3ccccc36)=NC2=[N+]15. The number of benzene rings is 9. The van der Waals surface area contributed by atoms with Gasteiger partial charge >= 0.3 is 5.91 Å². The molecule has 0 saturated heterocycles. The van der Waals surface area contributed by atoms with Crippen LogP contribution in [0.1, 0.15) is 44.5 Å². The van der Waals surface area contributed by atoms with Crippen LogP contribution in [-0.4, -0.2) is 41.6 Å². The minimum absolute atomic E-state index is 0.898. The lowest BCUT2D eigenvalue weighted by atomic mass is 10.1. The van der Waals surface area contributed by atoms with Crippen LogP contribution < -0.4 is 20.8 Å².